The van der Waals surface area contributed by atoms with E-state index in [-0.39, 0.29) is 41.1 Å². The number of likely N-dealkylation sites (tertiary alicyclic amines) is 1. The van der Waals surface area contributed by atoms with Crippen molar-refractivity contribution in [3.05, 3.63) is 24.3 Å². The second-order valence-corrected chi connectivity index (χ2v) is 10.9. The summed E-state index contributed by atoms with van der Waals surface area (Å²) >= 11 is 0. The van der Waals surface area contributed by atoms with Crippen LogP contribution in [-0.2, 0) is 19.6 Å². The van der Waals surface area contributed by atoms with Crippen LogP contribution in [0.25, 0.3) is 0 Å². The molecule has 0 spiro atoms. The quantitative estimate of drug-likeness (QED) is 0.698. The zero-order valence-electron chi connectivity index (χ0n) is 18.0. The lowest BCUT2D eigenvalue weighted by atomic mass is 9.94. The van der Waals surface area contributed by atoms with Crippen LogP contribution in [0.4, 0.5) is 5.69 Å². The molecule has 1 aromatic carbocycles. The summed E-state index contributed by atoms with van der Waals surface area (Å²) in [6.45, 7) is 0.479. The number of hydrogen-bond donors (Lipinski definition) is 2. The Morgan fingerprint density at radius 1 is 0.903 bits per heavy atom. The van der Waals surface area contributed by atoms with E-state index in [9.17, 15) is 18.0 Å². The smallest absolute Gasteiger partial charge is 0.240 e. The van der Waals surface area contributed by atoms with Crippen molar-refractivity contribution in [2.45, 2.75) is 87.6 Å². The van der Waals surface area contributed by atoms with Crippen molar-refractivity contribution in [1.82, 2.24) is 9.62 Å². The highest BCUT2D eigenvalue weighted by molar-refractivity contribution is 7.89. The molecule has 3 aliphatic rings. The molecule has 0 radical (unpaired) electrons. The average Bonchev–Trinajstić information content (AvgIpc) is 3.17. The Hall–Kier alpha value is -1.93. The van der Waals surface area contributed by atoms with E-state index in [1.165, 1.54) is 18.6 Å². The van der Waals surface area contributed by atoms with Crippen LogP contribution in [0.2, 0.25) is 0 Å². The maximum atomic E-state index is 12.7. The maximum absolute atomic E-state index is 12.7. The van der Waals surface area contributed by atoms with Gasteiger partial charge in [0, 0.05) is 30.7 Å². The number of nitrogens with one attached hydrogen (secondary N) is 2. The third-order valence-electron chi connectivity index (χ3n) is 6.90. The highest BCUT2D eigenvalue weighted by atomic mass is 32.2. The van der Waals surface area contributed by atoms with Crippen molar-refractivity contribution < 1.29 is 18.0 Å². The number of benzene rings is 1. The fourth-order valence-corrected chi connectivity index (χ4v) is 6.43. The number of carbonyl (C=O) groups excluding carboxylic acids is 2. The van der Waals surface area contributed by atoms with E-state index in [0.29, 0.717) is 12.2 Å². The van der Waals surface area contributed by atoms with Crippen LogP contribution in [0.1, 0.15) is 70.6 Å². The lowest BCUT2D eigenvalue weighted by Gasteiger charge is -2.31. The Labute approximate surface area is 185 Å². The number of rotatable bonds is 6. The first-order valence-corrected chi connectivity index (χ1v) is 13.1. The van der Waals surface area contributed by atoms with Crippen LogP contribution in [-0.4, -0.2) is 43.8 Å². The Morgan fingerprint density at radius 2 is 1.52 bits per heavy atom. The predicted molar refractivity (Wildman–Crippen MR) is 119 cm³/mol. The monoisotopic (exact) mass is 447 g/mol. The minimum absolute atomic E-state index is 0.00476. The van der Waals surface area contributed by atoms with Gasteiger partial charge in [-0.1, -0.05) is 38.5 Å². The molecule has 2 N–H and O–H groups in total. The summed E-state index contributed by atoms with van der Waals surface area (Å²) in [4.78, 5) is 27.2. The zero-order chi connectivity index (χ0) is 21.8. The second-order valence-electron chi connectivity index (χ2n) is 9.21. The average molecular weight is 448 g/mol. The maximum Gasteiger partial charge on any atom is 0.240 e. The van der Waals surface area contributed by atoms with Crippen LogP contribution in [0, 0.1) is 5.92 Å². The largest absolute Gasteiger partial charge is 0.339 e. The van der Waals surface area contributed by atoms with Gasteiger partial charge < -0.3 is 10.2 Å². The summed E-state index contributed by atoms with van der Waals surface area (Å²) in [6.07, 6.45) is 10.9. The number of nitrogens with zero attached hydrogens (tertiary/aromatic N) is 1. The summed E-state index contributed by atoms with van der Waals surface area (Å²) in [6, 6.07) is 6.56. The van der Waals surface area contributed by atoms with Gasteiger partial charge in [0.05, 0.1) is 10.8 Å². The van der Waals surface area contributed by atoms with Crippen molar-refractivity contribution in [3.8, 4) is 0 Å². The second kappa shape index (κ2) is 9.69. The molecule has 1 aromatic rings. The highest BCUT2D eigenvalue weighted by Gasteiger charge is 2.38. The van der Waals surface area contributed by atoms with Gasteiger partial charge in [0.2, 0.25) is 21.8 Å². The minimum Gasteiger partial charge on any atom is -0.339 e. The van der Waals surface area contributed by atoms with Gasteiger partial charge in [-0.25, -0.2) is 13.1 Å². The number of hydrogen-bond acceptors (Lipinski definition) is 4. The van der Waals surface area contributed by atoms with Gasteiger partial charge in [-0.2, -0.15) is 0 Å². The normalized spacial score (nSPS) is 23.8. The molecule has 1 unspecified atom stereocenters. The molecule has 2 amide bonds. The summed E-state index contributed by atoms with van der Waals surface area (Å²) in [5.41, 5.74) is 0.546. The Kier molecular flexibility index (Phi) is 6.96. The van der Waals surface area contributed by atoms with Gasteiger partial charge in [-0.3, -0.25) is 9.59 Å². The lowest BCUT2D eigenvalue weighted by molar-refractivity contribution is -0.130. The van der Waals surface area contributed by atoms with Gasteiger partial charge in [0.25, 0.3) is 0 Å². The molecule has 0 bridgehead atoms. The number of anilines is 1. The SMILES string of the molecule is O=C(Nc1ccc(S(=O)(=O)NC2CCCCC2)cc1)C1CC(=O)N(C2CCCCC2)C1. The van der Waals surface area contributed by atoms with Crippen molar-refractivity contribution in [2.75, 3.05) is 11.9 Å². The molecular weight excluding hydrogens is 414 g/mol. The van der Waals surface area contributed by atoms with Crippen LogP contribution < -0.4 is 10.0 Å². The molecule has 170 valence electrons. The van der Waals surface area contributed by atoms with Gasteiger partial charge in [0.15, 0.2) is 0 Å². The first-order chi connectivity index (χ1) is 14.9. The molecule has 8 heteroatoms. The summed E-state index contributed by atoms with van der Waals surface area (Å²) in [5, 5.41) is 2.85. The van der Waals surface area contributed by atoms with E-state index in [0.717, 1.165) is 57.8 Å². The number of sulfonamides is 1. The van der Waals surface area contributed by atoms with E-state index in [2.05, 4.69) is 10.0 Å². The van der Waals surface area contributed by atoms with E-state index in [1.54, 1.807) is 12.1 Å². The Balaban J connectivity index is 1.33. The number of amides is 2. The fraction of sp³-hybridized carbons (Fsp3) is 0.652. The van der Waals surface area contributed by atoms with Gasteiger partial charge in [-0.05, 0) is 49.9 Å². The lowest BCUT2D eigenvalue weighted by Crippen LogP contribution is -2.38. The van der Waals surface area contributed by atoms with Crippen LogP contribution in [0.5, 0.6) is 0 Å². The minimum atomic E-state index is -3.56. The van der Waals surface area contributed by atoms with Gasteiger partial charge in [0.1, 0.15) is 0 Å². The summed E-state index contributed by atoms with van der Waals surface area (Å²) in [7, 11) is -3.56. The van der Waals surface area contributed by atoms with E-state index in [4.69, 9.17) is 0 Å². The van der Waals surface area contributed by atoms with Crippen LogP contribution in [0.15, 0.2) is 29.2 Å². The zero-order valence-corrected chi connectivity index (χ0v) is 18.8. The fourth-order valence-electron chi connectivity index (χ4n) is 5.12. The van der Waals surface area contributed by atoms with Crippen molar-refractivity contribution >= 4 is 27.5 Å². The van der Waals surface area contributed by atoms with Gasteiger partial charge in [-0.15, -0.1) is 0 Å². The first-order valence-electron chi connectivity index (χ1n) is 11.6. The van der Waals surface area contributed by atoms with Crippen LogP contribution in [0.3, 0.4) is 0 Å². The third kappa shape index (κ3) is 5.47. The molecule has 1 heterocycles. The Bertz CT molecular complexity index is 888. The molecule has 3 fully saturated rings. The summed E-state index contributed by atoms with van der Waals surface area (Å²) in [5.74, 6) is -0.462. The van der Waals surface area contributed by atoms with Gasteiger partial charge >= 0.3 is 0 Å². The van der Waals surface area contributed by atoms with E-state index < -0.39 is 10.0 Å². The van der Waals surface area contributed by atoms with E-state index in [1.807, 2.05) is 4.90 Å². The molecule has 1 atom stereocenters. The molecule has 0 aromatic heterocycles. The van der Waals surface area contributed by atoms with Crippen molar-refractivity contribution in [2.24, 2.45) is 5.92 Å². The first kappa shape index (κ1) is 22.3. The Morgan fingerprint density at radius 3 is 2.16 bits per heavy atom. The highest BCUT2D eigenvalue weighted by Crippen LogP contribution is 2.29. The molecular formula is C23H33N3O4S. The summed E-state index contributed by atoms with van der Waals surface area (Å²) < 4.78 is 28.0. The molecule has 7 nitrogen and oxygen atoms in total. The predicted octanol–water partition coefficient (Wildman–Crippen LogP) is 3.42. The molecule has 2 aliphatic carbocycles. The van der Waals surface area contributed by atoms with Crippen molar-refractivity contribution in [3.63, 3.8) is 0 Å². The standard InChI is InChI=1S/C23H33N3O4S/c27-22-15-17(16-26(22)20-9-5-2-6-10-20)23(28)24-18-11-13-21(14-12-18)31(29,30)25-19-7-3-1-4-8-19/h11-14,17,19-20,25H,1-10,15-16H2,(H,24,28). The molecule has 1 aliphatic heterocycles. The topological polar surface area (TPSA) is 95.6 Å². The van der Waals surface area contributed by atoms with Crippen LogP contribution >= 0.6 is 0 Å². The molecule has 4 rings (SSSR count). The molecule has 31 heavy (non-hydrogen) atoms. The van der Waals surface area contributed by atoms with Crippen molar-refractivity contribution in [1.29, 1.82) is 0 Å². The third-order valence-corrected chi connectivity index (χ3v) is 8.44. The van der Waals surface area contributed by atoms with E-state index >= 15 is 0 Å². The number of carbonyl (C=O) groups is 2. The molecule has 1 saturated heterocycles. The molecule has 2 saturated carbocycles.